The SMILES string of the molecule is C[C@@H]1Cc2cnc(NCc3cnn(C)c3)nc2CN1C(=O)[C@H]1CCN(C)C[C@@H]1c1ccccc1. The van der Waals surface area contributed by atoms with Gasteiger partial charge < -0.3 is 15.1 Å². The van der Waals surface area contributed by atoms with Gasteiger partial charge in [0.05, 0.1) is 18.4 Å². The van der Waals surface area contributed by atoms with E-state index >= 15 is 0 Å². The highest BCUT2D eigenvalue weighted by Gasteiger charge is 2.39. The molecule has 2 aliphatic rings. The summed E-state index contributed by atoms with van der Waals surface area (Å²) in [7, 11) is 4.05. The predicted octanol–water partition coefficient (Wildman–Crippen LogP) is 2.83. The molecule has 0 saturated carbocycles. The van der Waals surface area contributed by atoms with E-state index in [0.29, 0.717) is 19.0 Å². The van der Waals surface area contributed by atoms with Crippen LogP contribution in [-0.2, 0) is 31.4 Å². The lowest BCUT2D eigenvalue weighted by molar-refractivity contribution is -0.141. The van der Waals surface area contributed by atoms with Crippen molar-refractivity contribution in [2.45, 2.75) is 44.8 Å². The first-order chi connectivity index (χ1) is 16.5. The van der Waals surface area contributed by atoms with Gasteiger partial charge >= 0.3 is 0 Å². The third-order valence-corrected chi connectivity index (χ3v) is 7.17. The number of nitrogens with one attached hydrogen (secondary N) is 1. The number of nitrogens with zero attached hydrogens (tertiary/aromatic N) is 6. The average molecular weight is 460 g/mol. The van der Waals surface area contributed by atoms with Crippen molar-refractivity contribution in [3.63, 3.8) is 0 Å². The molecule has 1 N–H and O–H groups in total. The van der Waals surface area contributed by atoms with Crippen molar-refractivity contribution in [3.8, 4) is 0 Å². The molecule has 0 aliphatic carbocycles. The minimum absolute atomic E-state index is 0.00684. The van der Waals surface area contributed by atoms with E-state index in [9.17, 15) is 4.79 Å². The Bertz CT molecular complexity index is 1150. The number of amides is 1. The molecule has 1 aromatic carbocycles. The molecule has 1 saturated heterocycles. The number of hydrogen-bond donors (Lipinski definition) is 1. The van der Waals surface area contributed by atoms with Gasteiger partial charge in [0, 0.05) is 56.0 Å². The van der Waals surface area contributed by atoms with Crippen molar-refractivity contribution in [1.82, 2.24) is 29.5 Å². The number of benzene rings is 1. The summed E-state index contributed by atoms with van der Waals surface area (Å²) in [5, 5.41) is 7.49. The van der Waals surface area contributed by atoms with Crippen LogP contribution in [0.15, 0.2) is 48.9 Å². The monoisotopic (exact) mass is 459 g/mol. The van der Waals surface area contributed by atoms with E-state index in [4.69, 9.17) is 4.98 Å². The molecule has 0 bridgehead atoms. The van der Waals surface area contributed by atoms with Crippen molar-refractivity contribution >= 4 is 11.9 Å². The molecule has 8 nitrogen and oxygen atoms in total. The van der Waals surface area contributed by atoms with Gasteiger partial charge in [0.1, 0.15) is 0 Å². The first kappa shape index (κ1) is 22.5. The number of likely N-dealkylation sites (N-methyl/N-ethyl adjacent to an activating group) is 1. The fraction of sp³-hybridized carbons (Fsp3) is 0.462. The summed E-state index contributed by atoms with van der Waals surface area (Å²) >= 11 is 0. The third kappa shape index (κ3) is 4.68. The fourth-order valence-corrected chi connectivity index (χ4v) is 5.28. The van der Waals surface area contributed by atoms with Crippen LogP contribution in [0.1, 0.15) is 41.6 Å². The second-order valence-corrected chi connectivity index (χ2v) is 9.74. The Balaban J connectivity index is 1.33. The number of fused-ring (bicyclic) bond motifs is 1. The molecule has 2 aliphatic heterocycles. The summed E-state index contributed by atoms with van der Waals surface area (Å²) in [6.45, 7) is 5.14. The Hall–Kier alpha value is -3.26. The fourth-order valence-electron chi connectivity index (χ4n) is 5.28. The largest absolute Gasteiger partial charge is 0.350 e. The van der Waals surface area contributed by atoms with E-state index in [0.717, 1.165) is 42.8 Å². The van der Waals surface area contributed by atoms with Gasteiger partial charge in [-0.05, 0) is 44.5 Å². The topological polar surface area (TPSA) is 79.2 Å². The Morgan fingerprint density at radius 3 is 2.76 bits per heavy atom. The molecule has 178 valence electrons. The maximum absolute atomic E-state index is 13.9. The van der Waals surface area contributed by atoms with Crippen molar-refractivity contribution in [3.05, 3.63) is 71.3 Å². The number of carbonyl (C=O) groups excluding carboxylic acids is 1. The number of aromatic nitrogens is 4. The minimum atomic E-state index is -0.00684. The second-order valence-electron chi connectivity index (χ2n) is 9.74. The highest BCUT2D eigenvalue weighted by molar-refractivity contribution is 5.80. The number of hydrogen-bond acceptors (Lipinski definition) is 6. The van der Waals surface area contributed by atoms with Gasteiger partial charge in [0.15, 0.2) is 0 Å². The molecular weight excluding hydrogens is 426 g/mol. The van der Waals surface area contributed by atoms with Crippen LogP contribution < -0.4 is 5.32 Å². The number of likely N-dealkylation sites (tertiary alicyclic amines) is 1. The van der Waals surface area contributed by atoms with Crippen molar-refractivity contribution in [2.75, 3.05) is 25.5 Å². The molecule has 2 aromatic heterocycles. The zero-order chi connectivity index (χ0) is 23.7. The summed E-state index contributed by atoms with van der Waals surface area (Å²) in [5.74, 6) is 1.05. The Morgan fingerprint density at radius 2 is 2.00 bits per heavy atom. The van der Waals surface area contributed by atoms with Crippen LogP contribution in [0.2, 0.25) is 0 Å². The molecule has 3 aromatic rings. The number of carbonyl (C=O) groups is 1. The van der Waals surface area contributed by atoms with Gasteiger partial charge in [-0.25, -0.2) is 9.97 Å². The Kier molecular flexibility index (Phi) is 6.32. The first-order valence-corrected chi connectivity index (χ1v) is 12.1. The van der Waals surface area contributed by atoms with E-state index in [1.54, 1.807) is 4.68 Å². The van der Waals surface area contributed by atoms with E-state index in [1.165, 1.54) is 5.56 Å². The van der Waals surface area contributed by atoms with Crippen molar-refractivity contribution in [1.29, 1.82) is 0 Å². The van der Waals surface area contributed by atoms with Gasteiger partial charge in [-0.15, -0.1) is 0 Å². The van der Waals surface area contributed by atoms with Gasteiger partial charge in [0.25, 0.3) is 0 Å². The summed E-state index contributed by atoms with van der Waals surface area (Å²) < 4.78 is 1.78. The summed E-state index contributed by atoms with van der Waals surface area (Å²) in [4.78, 5) is 27.6. The lowest BCUT2D eigenvalue weighted by atomic mass is 9.79. The quantitative estimate of drug-likeness (QED) is 0.632. The van der Waals surface area contributed by atoms with Gasteiger partial charge in [0.2, 0.25) is 11.9 Å². The Morgan fingerprint density at radius 1 is 1.18 bits per heavy atom. The second kappa shape index (κ2) is 9.54. The van der Waals surface area contributed by atoms with E-state index in [-0.39, 0.29) is 23.8 Å². The number of piperidine rings is 1. The van der Waals surface area contributed by atoms with Crippen LogP contribution in [0.25, 0.3) is 0 Å². The van der Waals surface area contributed by atoms with Crippen LogP contribution in [0.4, 0.5) is 5.95 Å². The molecule has 1 fully saturated rings. The predicted molar refractivity (Wildman–Crippen MR) is 131 cm³/mol. The van der Waals surface area contributed by atoms with Gasteiger partial charge in [-0.2, -0.15) is 5.10 Å². The Labute approximate surface area is 201 Å². The molecule has 3 atom stereocenters. The normalized spacial score (nSPS) is 22.9. The maximum atomic E-state index is 13.9. The summed E-state index contributed by atoms with van der Waals surface area (Å²) in [6, 6.07) is 10.6. The maximum Gasteiger partial charge on any atom is 0.227 e. The molecule has 0 spiro atoms. The lowest BCUT2D eigenvalue weighted by Crippen LogP contribution is -2.50. The minimum Gasteiger partial charge on any atom is -0.350 e. The molecule has 0 unspecified atom stereocenters. The van der Waals surface area contributed by atoms with Crippen LogP contribution in [-0.4, -0.2) is 61.6 Å². The standard InChI is InChI=1S/C26H33N7O/c1-18-11-21-14-28-26(27-12-19-13-29-32(3)15-19)30-24(21)17-33(18)25(34)22-9-10-31(2)16-23(22)20-7-5-4-6-8-20/h4-8,13-15,18,22-23H,9-12,16-17H2,1-3H3,(H,27,28,30)/t18-,22+,23-/m1/s1. The molecule has 0 radical (unpaired) electrons. The molecule has 34 heavy (non-hydrogen) atoms. The highest BCUT2D eigenvalue weighted by Crippen LogP contribution is 2.35. The summed E-state index contributed by atoms with van der Waals surface area (Å²) in [6.07, 6.45) is 7.38. The average Bonchev–Trinajstić information content (AvgIpc) is 3.27. The molecule has 4 heterocycles. The smallest absolute Gasteiger partial charge is 0.227 e. The zero-order valence-electron chi connectivity index (χ0n) is 20.2. The van der Waals surface area contributed by atoms with Crippen molar-refractivity contribution < 1.29 is 4.79 Å². The van der Waals surface area contributed by atoms with Gasteiger partial charge in [-0.1, -0.05) is 30.3 Å². The van der Waals surface area contributed by atoms with E-state index in [1.807, 2.05) is 36.6 Å². The number of anilines is 1. The van der Waals surface area contributed by atoms with Crippen LogP contribution in [0, 0.1) is 5.92 Å². The lowest BCUT2D eigenvalue weighted by Gasteiger charge is -2.42. The van der Waals surface area contributed by atoms with E-state index < -0.39 is 0 Å². The van der Waals surface area contributed by atoms with Crippen LogP contribution in [0.5, 0.6) is 0 Å². The van der Waals surface area contributed by atoms with Gasteiger partial charge in [-0.3, -0.25) is 9.48 Å². The number of aryl methyl sites for hydroxylation is 1. The zero-order valence-corrected chi connectivity index (χ0v) is 20.2. The van der Waals surface area contributed by atoms with Crippen molar-refractivity contribution in [2.24, 2.45) is 13.0 Å². The molecule has 1 amide bonds. The molecule has 8 heteroatoms. The first-order valence-electron chi connectivity index (χ1n) is 12.1. The van der Waals surface area contributed by atoms with E-state index in [2.05, 4.69) is 58.5 Å². The van der Waals surface area contributed by atoms with Crippen LogP contribution in [0.3, 0.4) is 0 Å². The van der Waals surface area contributed by atoms with Crippen LogP contribution >= 0.6 is 0 Å². The number of rotatable bonds is 5. The third-order valence-electron chi connectivity index (χ3n) is 7.17. The molecule has 5 rings (SSSR count). The summed E-state index contributed by atoms with van der Waals surface area (Å²) in [5.41, 5.74) is 4.40. The highest BCUT2D eigenvalue weighted by atomic mass is 16.2. The molecular formula is C26H33N7O.